The Morgan fingerprint density at radius 1 is 1.52 bits per heavy atom. The number of rotatable bonds is 7. The van der Waals surface area contributed by atoms with Gasteiger partial charge in [0, 0.05) is 18.4 Å². The van der Waals surface area contributed by atoms with Crippen LogP contribution in [0.3, 0.4) is 0 Å². The first-order chi connectivity index (χ1) is 9.97. The van der Waals surface area contributed by atoms with Crippen molar-refractivity contribution in [3.05, 3.63) is 30.1 Å². The van der Waals surface area contributed by atoms with E-state index in [1.807, 2.05) is 6.92 Å². The molecule has 0 bridgehead atoms. The van der Waals surface area contributed by atoms with E-state index in [-0.39, 0.29) is 11.5 Å². The third-order valence-electron chi connectivity index (χ3n) is 3.07. The molecule has 2 heterocycles. The maximum Gasteiger partial charge on any atom is 0.242 e. The number of aliphatic hydroxyl groups is 1. The molecule has 0 aliphatic rings. The first-order valence-electron chi connectivity index (χ1n) is 6.65. The molecule has 1 unspecified atom stereocenters. The quantitative estimate of drug-likeness (QED) is 0.691. The van der Waals surface area contributed by atoms with Gasteiger partial charge in [0.25, 0.3) is 0 Å². The highest BCUT2D eigenvalue weighted by atomic mass is 32.2. The van der Waals surface area contributed by atoms with E-state index in [1.165, 1.54) is 18.6 Å². The summed E-state index contributed by atoms with van der Waals surface area (Å²) in [5.41, 5.74) is 0.574. The van der Waals surface area contributed by atoms with Gasteiger partial charge >= 0.3 is 0 Å². The molecule has 2 aromatic rings. The second-order valence-corrected chi connectivity index (χ2v) is 6.45. The van der Waals surface area contributed by atoms with Gasteiger partial charge in [0.15, 0.2) is 0 Å². The van der Waals surface area contributed by atoms with Crippen LogP contribution >= 0.6 is 0 Å². The Morgan fingerprint density at radius 3 is 2.86 bits per heavy atom. The second kappa shape index (κ2) is 6.37. The highest BCUT2D eigenvalue weighted by Crippen LogP contribution is 2.18. The van der Waals surface area contributed by atoms with Gasteiger partial charge in [-0.1, -0.05) is 6.92 Å². The molecule has 1 atom stereocenters. The van der Waals surface area contributed by atoms with Crippen molar-refractivity contribution < 1.29 is 13.5 Å². The van der Waals surface area contributed by atoms with Crippen LogP contribution in [-0.4, -0.2) is 33.3 Å². The van der Waals surface area contributed by atoms with Crippen LogP contribution in [0.25, 0.3) is 0 Å². The van der Waals surface area contributed by atoms with E-state index in [0.717, 1.165) is 6.42 Å². The first kappa shape index (κ1) is 15.7. The molecule has 0 radical (unpaired) electrons. The predicted octanol–water partition coefficient (Wildman–Crippen LogP) is 0.548. The first-order valence-corrected chi connectivity index (χ1v) is 8.13. The predicted molar refractivity (Wildman–Crippen MR) is 75.8 cm³/mol. The average molecular weight is 313 g/mol. The van der Waals surface area contributed by atoms with E-state index in [9.17, 15) is 13.5 Å². The summed E-state index contributed by atoms with van der Waals surface area (Å²) in [6, 6.07) is 0.954. The van der Waals surface area contributed by atoms with E-state index in [4.69, 9.17) is 0 Å². The minimum atomic E-state index is -3.69. The number of hydrogen-bond donors (Lipinski definition) is 3. The third-order valence-corrected chi connectivity index (χ3v) is 4.58. The van der Waals surface area contributed by atoms with Crippen LogP contribution in [0.5, 0.6) is 0 Å². The molecule has 3 N–H and O–H groups in total. The van der Waals surface area contributed by atoms with Crippen molar-refractivity contribution in [2.45, 2.75) is 44.4 Å². The Kier molecular flexibility index (Phi) is 4.76. The summed E-state index contributed by atoms with van der Waals surface area (Å²) in [5.74, 6) is 0.439. The zero-order valence-corrected chi connectivity index (χ0v) is 12.8. The highest BCUT2D eigenvalue weighted by molar-refractivity contribution is 7.89. The van der Waals surface area contributed by atoms with Crippen LogP contribution in [0.15, 0.2) is 23.5 Å². The van der Waals surface area contributed by atoms with Crippen molar-refractivity contribution in [2.24, 2.45) is 0 Å². The molecule has 2 rings (SSSR count). The van der Waals surface area contributed by atoms with E-state index in [0.29, 0.717) is 18.1 Å². The summed E-state index contributed by atoms with van der Waals surface area (Å²) in [4.78, 5) is 4.05. The van der Waals surface area contributed by atoms with Crippen LogP contribution in [-0.2, 0) is 23.2 Å². The SMILES string of the molecule is CCCn1cc(S(=O)(=O)NC(C)c2ncn[nH]2)cc1CO. The molecule has 9 heteroatoms. The van der Waals surface area contributed by atoms with Crippen LogP contribution in [0.1, 0.15) is 37.8 Å². The maximum absolute atomic E-state index is 12.4. The number of aliphatic hydroxyl groups excluding tert-OH is 1. The molecule has 0 spiro atoms. The van der Waals surface area contributed by atoms with Crippen molar-refractivity contribution in [1.29, 1.82) is 0 Å². The number of H-pyrrole nitrogens is 1. The molecule has 0 amide bonds. The van der Waals surface area contributed by atoms with Crippen molar-refractivity contribution in [2.75, 3.05) is 0 Å². The molecule has 8 nitrogen and oxygen atoms in total. The molecule has 0 aliphatic carbocycles. The number of nitrogens with one attached hydrogen (secondary N) is 2. The van der Waals surface area contributed by atoms with Gasteiger partial charge in [-0.3, -0.25) is 5.10 Å². The number of sulfonamides is 1. The molecule has 0 fully saturated rings. The van der Waals surface area contributed by atoms with E-state index in [2.05, 4.69) is 19.9 Å². The number of hydrogen-bond acceptors (Lipinski definition) is 5. The Balaban J connectivity index is 2.23. The molecule has 0 aliphatic heterocycles. The average Bonchev–Trinajstić information content (AvgIpc) is 3.08. The fraction of sp³-hybridized carbons (Fsp3) is 0.500. The molecule has 21 heavy (non-hydrogen) atoms. The lowest BCUT2D eigenvalue weighted by Crippen LogP contribution is -2.27. The van der Waals surface area contributed by atoms with Gasteiger partial charge in [-0.25, -0.2) is 18.1 Å². The molecule has 0 aromatic carbocycles. The van der Waals surface area contributed by atoms with E-state index >= 15 is 0 Å². The molecular formula is C12H19N5O3S. The van der Waals surface area contributed by atoms with Gasteiger partial charge in [-0.05, 0) is 19.4 Å². The number of aromatic nitrogens is 4. The summed E-state index contributed by atoms with van der Waals surface area (Å²) in [7, 11) is -3.69. The van der Waals surface area contributed by atoms with Gasteiger partial charge in [0.1, 0.15) is 12.2 Å². The second-order valence-electron chi connectivity index (χ2n) is 4.73. The maximum atomic E-state index is 12.4. The minimum absolute atomic E-state index is 0.131. The topological polar surface area (TPSA) is 113 Å². The Hall–Kier alpha value is -1.71. The molecule has 116 valence electrons. The lowest BCUT2D eigenvalue weighted by atomic mass is 10.3. The van der Waals surface area contributed by atoms with Crippen LogP contribution in [0.2, 0.25) is 0 Å². The van der Waals surface area contributed by atoms with Gasteiger partial charge in [-0.2, -0.15) is 5.10 Å². The number of aromatic amines is 1. The van der Waals surface area contributed by atoms with Crippen molar-refractivity contribution >= 4 is 10.0 Å². The summed E-state index contributed by atoms with van der Waals surface area (Å²) >= 11 is 0. The number of aryl methyl sites for hydroxylation is 1. The summed E-state index contributed by atoms with van der Waals surface area (Å²) in [5, 5.41) is 15.6. The number of nitrogens with zero attached hydrogens (tertiary/aromatic N) is 3. The van der Waals surface area contributed by atoms with Gasteiger partial charge in [0.2, 0.25) is 10.0 Å². The van der Waals surface area contributed by atoms with Crippen molar-refractivity contribution in [3.8, 4) is 0 Å². The largest absolute Gasteiger partial charge is 0.390 e. The molecular weight excluding hydrogens is 294 g/mol. The van der Waals surface area contributed by atoms with Crippen LogP contribution < -0.4 is 4.72 Å². The smallest absolute Gasteiger partial charge is 0.242 e. The lowest BCUT2D eigenvalue weighted by molar-refractivity contribution is 0.270. The lowest BCUT2D eigenvalue weighted by Gasteiger charge is -2.10. The summed E-state index contributed by atoms with van der Waals surface area (Å²) in [6.07, 6.45) is 3.70. The van der Waals surface area contributed by atoms with E-state index < -0.39 is 16.1 Å². The van der Waals surface area contributed by atoms with Gasteiger partial charge in [-0.15, -0.1) is 0 Å². The minimum Gasteiger partial charge on any atom is -0.390 e. The monoisotopic (exact) mass is 313 g/mol. The molecule has 0 saturated carbocycles. The Bertz CT molecular complexity index is 678. The molecule has 0 saturated heterocycles. The van der Waals surface area contributed by atoms with Crippen LogP contribution in [0.4, 0.5) is 0 Å². The van der Waals surface area contributed by atoms with Crippen molar-refractivity contribution in [1.82, 2.24) is 24.5 Å². The van der Waals surface area contributed by atoms with Crippen molar-refractivity contribution in [3.63, 3.8) is 0 Å². The Labute approximate surface area is 123 Å². The Morgan fingerprint density at radius 2 is 2.29 bits per heavy atom. The fourth-order valence-corrected chi connectivity index (χ4v) is 3.30. The third kappa shape index (κ3) is 3.49. The zero-order valence-electron chi connectivity index (χ0n) is 11.9. The standard InChI is InChI=1S/C12H19N5O3S/c1-3-4-17-6-11(5-10(17)7-18)21(19,20)16-9(2)12-13-8-14-15-12/h5-6,8-9,16,18H,3-4,7H2,1-2H3,(H,13,14,15). The van der Waals surface area contributed by atoms with E-state index in [1.54, 1.807) is 11.5 Å². The normalized spacial score (nSPS) is 13.5. The fourth-order valence-electron chi connectivity index (χ4n) is 2.03. The van der Waals surface area contributed by atoms with Gasteiger partial charge in [0.05, 0.1) is 17.5 Å². The zero-order chi connectivity index (χ0) is 15.5. The highest BCUT2D eigenvalue weighted by Gasteiger charge is 2.22. The van der Waals surface area contributed by atoms with Gasteiger partial charge < -0.3 is 9.67 Å². The molecule has 2 aromatic heterocycles. The summed E-state index contributed by atoms with van der Waals surface area (Å²) in [6.45, 7) is 4.11. The summed E-state index contributed by atoms with van der Waals surface area (Å²) < 4.78 is 29.0. The van der Waals surface area contributed by atoms with Crippen LogP contribution in [0, 0.1) is 0 Å².